The molecule has 0 aliphatic carbocycles. The molecule has 1 N–H and O–H groups in total. The lowest BCUT2D eigenvalue weighted by molar-refractivity contribution is -0.614. The molecule has 0 aliphatic rings. The summed E-state index contributed by atoms with van der Waals surface area (Å²) in [5.74, 6) is 0.265. The fourth-order valence-electron chi connectivity index (χ4n) is 0.664. The maximum absolute atomic E-state index is 9.93. The normalized spacial score (nSPS) is 12.1. The minimum absolute atomic E-state index is 0.265. The molecule has 12 heavy (non-hydrogen) atoms. The van der Waals surface area contributed by atoms with Crippen LogP contribution in [0, 0.1) is 10.1 Å². The summed E-state index contributed by atoms with van der Waals surface area (Å²) in [5.41, 5.74) is 0. The fraction of sp³-hybridized carbons (Fsp3) is 0.143. The van der Waals surface area contributed by atoms with E-state index in [2.05, 4.69) is 4.74 Å². The summed E-state index contributed by atoms with van der Waals surface area (Å²) in [4.78, 5) is 9.01. The molecule has 1 unspecified atom stereocenters. The molecule has 1 aromatic rings. The van der Waals surface area contributed by atoms with E-state index >= 15 is 0 Å². The molecule has 0 heterocycles. The topological polar surface area (TPSA) is 72.6 Å². The van der Waals surface area contributed by atoms with Gasteiger partial charge in [-0.1, -0.05) is 18.2 Å². The van der Waals surface area contributed by atoms with Gasteiger partial charge in [-0.15, -0.1) is 0 Å². The van der Waals surface area contributed by atoms with E-state index in [0.29, 0.717) is 0 Å². The quantitative estimate of drug-likeness (QED) is 0.409. The van der Waals surface area contributed by atoms with Crippen LogP contribution in [-0.2, 0) is 0 Å². The molecule has 0 fully saturated rings. The van der Waals surface area contributed by atoms with E-state index in [1.54, 1.807) is 18.2 Å². The molecule has 0 amide bonds. The van der Waals surface area contributed by atoms with E-state index in [9.17, 15) is 10.1 Å². The first-order chi connectivity index (χ1) is 5.70. The van der Waals surface area contributed by atoms with E-state index in [-0.39, 0.29) is 5.75 Å². The number of rotatable bonds is 3. The first-order valence-corrected chi connectivity index (χ1v) is 3.23. The van der Waals surface area contributed by atoms with Crippen LogP contribution in [0.1, 0.15) is 0 Å². The van der Waals surface area contributed by atoms with E-state index < -0.39 is 11.3 Å². The summed E-state index contributed by atoms with van der Waals surface area (Å²) < 4.78 is 4.53. The van der Waals surface area contributed by atoms with Gasteiger partial charge in [0, 0.05) is 0 Å². The molecule has 0 saturated heterocycles. The second-order valence-electron chi connectivity index (χ2n) is 2.04. The summed E-state index contributed by atoms with van der Waals surface area (Å²) in [6.45, 7) is 0. The van der Waals surface area contributed by atoms with Gasteiger partial charge in [-0.05, 0) is 12.1 Å². The summed E-state index contributed by atoms with van der Waals surface area (Å²) >= 11 is 0. The molecule has 1 rings (SSSR count). The van der Waals surface area contributed by atoms with Gasteiger partial charge >= 0.3 is 6.41 Å². The second-order valence-corrected chi connectivity index (χ2v) is 2.04. The molecule has 1 atom stereocenters. The number of para-hydroxylation sites is 1. The lowest BCUT2D eigenvalue weighted by atomic mass is 10.3. The fourth-order valence-corrected chi connectivity index (χ4v) is 0.664. The van der Waals surface area contributed by atoms with Crippen LogP contribution < -0.4 is 4.74 Å². The zero-order chi connectivity index (χ0) is 8.97. The van der Waals surface area contributed by atoms with Crippen molar-refractivity contribution in [2.75, 3.05) is 0 Å². The third-order valence-corrected chi connectivity index (χ3v) is 1.17. The number of nitro groups is 1. The summed E-state index contributed by atoms with van der Waals surface area (Å²) in [6.07, 6.45) is -1.99. The van der Waals surface area contributed by atoms with Crippen molar-refractivity contribution >= 4 is 0 Å². The third kappa shape index (κ3) is 2.21. The SMILES string of the molecule is O=[N+]([O-])C(O)Oc1ccccc1. The zero-order valence-electron chi connectivity index (χ0n) is 6.08. The molecule has 0 aliphatic heterocycles. The van der Waals surface area contributed by atoms with E-state index in [1.165, 1.54) is 12.1 Å². The number of hydrogen-bond donors (Lipinski definition) is 1. The van der Waals surface area contributed by atoms with Crippen LogP contribution in [0.2, 0.25) is 0 Å². The number of ether oxygens (including phenoxy) is 1. The minimum atomic E-state index is -1.99. The van der Waals surface area contributed by atoms with Gasteiger partial charge in [0.15, 0.2) is 0 Å². The minimum Gasteiger partial charge on any atom is -0.408 e. The van der Waals surface area contributed by atoms with Gasteiger partial charge in [0.05, 0.1) is 4.92 Å². The highest BCUT2D eigenvalue weighted by Crippen LogP contribution is 2.09. The first-order valence-electron chi connectivity index (χ1n) is 3.23. The molecule has 0 bridgehead atoms. The Balaban J connectivity index is 2.58. The summed E-state index contributed by atoms with van der Waals surface area (Å²) in [5, 5.41) is 18.6. The first kappa shape index (κ1) is 8.48. The smallest absolute Gasteiger partial charge is 0.408 e. The predicted octanol–water partition coefficient (Wildman–Crippen LogP) is 0.618. The van der Waals surface area contributed by atoms with Gasteiger partial charge in [-0.3, -0.25) is 15.2 Å². The highest BCUT2D eigenvalue weighted by molar-refractivity contribution is 5.20. The Morgan fingerprint density at radius 1 is 1.42 bits per heavy atom. The Hall–Kier alpha value is -1.62. The summed E-state index contributed by atoms with van der Waals surface area (Å²) in [7, 11) is 0. The number of benzene rings is 1. The molecule has 5 nitrogen and oxygen atoms in total. The van der Waals surface area contributed by atoms with Crippen molar-refractivity contribution in [1.29, 1.82) is 0 Å². The van der Waals surface area contributed by atoms with Gasteiger partial charge in [-0.2, -0.15) is 0 Å². The van der Waals surface area contributed by atoms with Crippen LogP contribution in [0.15, 0.2) is 30.3 Å². The number of aliphatic hydroxyl groups excluding tert-OH is 1. The van der Waals surface area contributed by atoms with Gasteiger partial charge in [0.2, 0.25) is 0 Å². The number of nitrogens with zero attached hydrogens (tertiary/aromatic N) is 1. The number of aliphatic hydroxyl groups is 1. The maximum atomic E-state index is 9.93. The molecule has 5 heteroatoms. The largest absolute Gasteiger partial charge is 0.472 e. The average Bonchev–Trinajstić information content (AvgIpc) is 2.06. The van der Waals surface area contributed by atoms with Crippen LogP contribution in [0.4, 0.5) is 0 Å². The highest BCUT2D eigenvalue weighted by atomic mass is 16.7. The molecular formula is C7H7NO4. The van der Waals surface area contributed by atoms with E-state index in [4.69, 9.17) is 5.11 Å². The van der Waals surface area contributed by atoms with Crippen molar-refractivity contribution in [2.45, 2.75) is 6.41 Å². The van der Waals surface area contributed by atoms with Crippen LogP contribution in [0.5, 0.6) is 5.75 Å². The molecule has 1 aromatic carbocycles. The highest BCUT2D eigenvalue weighted by Gasteiger charge is 2.15. The van der Waals surface area contributed by atoms with Gasteiger partial charge in [-0.25, -0.2) is 0 Å². The Bertz CT molecular complexity index is 261. The van der Waals surface area contributed by atoms with Crippen molar-refractivity contribution in [3.05, 3.63) is 40.4 Å². The Labute approximate surface area is 68.4 Å². The second kappa shape index (κ2) is 3.68. The standard InChI is InChI=1S/C7H7NO4/c9-7(8(10)11)12-6-4-2-1-3-5-6/h1-5,7,9H. The van der Waals surface area contributed by atoms with Crippen LogP contribution in [0.3, 0.4) is 0 Å². The average molecular weight is 169 g/mol. The van der Waals surface area contributed by atoms with Crippen molar-refractivity contribution < 1.29 is 14.8 Å². The Morgan fingerprint density at radius 3 is 2.50 bits per heavy atom. The molecule has 0 radical (unpaired) electrons. The lowest BCUT2D eigenvalue weighted by Gasteiger charge is -2.04. The third-order valence-electron chi connectivity index (χ3n) is 1.17. The maximum Gasteiger partial charge on any atom is 0.472 e. The molecule has 0 aromatic heterocycles. The van der Waals surface area contributed by atoms with E-state index in [0.717, 1.165) is 0 Å². The summed E-state index contributed by atoms with van der Waals surface area (Å²) in [6, 6.07) is 8.09. The van der Waals surface area contributed by atoms with Crippen LogP contribution in [-0.4, -0.2) is 16.4 Å². The van der Waals surface area contributed by atoms with Crippen molar-refractivity contribution in [2.24, 2.45) is 0 Å². The monoisotopic (exact) mass is 169 g/mol. The predicted molar refractivity (Wildman–Crippen MR) is 40.1 cm³/mol. The molecule has 0 saturated carbocycles. The lowest BCUT2D eigenvalue weighted by Crippen LogP contribution is -2.25. The number of hydrogen-bond acceptors (Lipinski definition) is 4. The van der Waals surface area contributed by atoms with Crippen molar-refractivity contribution in [1.82, 2.24) is 0 Å². The van der Waals surface area contributed by atoms with Gasteiger partial charge < -0.3 is 4.74 Å². The van der Waals surface area contributed by atoms with E-state index in [1.807, 2.05) is 0 Å². The Kier molecular flexibility index (Phi) is 2.60. The Morgan fingerprint density at radius 2 is 2.00 bits per heavy atom. The molecule has 0 spiro atoms. The molecule has 64 valence electrons. The zero-order valence-corrected chi connectivity index (χ0v) is 6.08. The van der Waals surface area contributed by atoms with Crippen molar-refractivity contribution in [3.8, 4) is 5.75 Å². The van der Waals surface area contributed by atoms with Gasteiger partial charge in [0.25, 0.3) is 0 Å². The van der Waals surface area contributed by atoms with Crippen molar-refractivity contribution in [3.63, 3.8) is 0 Å². The molecular weight excluding hydrogens is 162 g/mol. The van der Waals surface area contributed by atoms with Crippen LogP contribution in [0.25, 0.3) is 0 Å². The van der Waals surface area contributed by atoms with Gasteiger partial charge in [0.1, 0.15) is 5.75 Å². The van der Waals surface area contributed by atoms with Crippen LogP contribution >= 0.6 is 0 Å².